The molecular formula is C12H18F3N3. The van der Waals surface area contributed by atoms with Gasteiger partial charge >= 0.3 is 6.18 Å². The Morgan fingerprint density at radius 1 is 1.33 bits per heavy atom. The van der Waals surface area contributed by atoms with E-state index in [1.165, 1.54) is 4.57 Å². The lowest BCUT2D eigenvalue weighted by Crippen LogP contribution is -2.34. The number of hydrogen-bond acceptors (Lipinski definition) is 2. The number of fused-ring (bicyclic) bond motifs is 1. The topological polar surface area (TPSA) is 29.9 Å². The van der Waals surface area contributed by atoms with E-state index in [9.17, 15) is 13.2 Å². The van der Waals surface area contributed by atoms with Gasteiger partial charge in [-0.05, 0) is 20.3 Å². The Kier molecular flexibility index (Phi) is 3.17. The zero-order valence-electron chi connectivity index (χ0n) is 10.9. The molecule has 1 aromatic rings. The van der Waals surface area contributed by atoms with E-state index in [1.807, 2.05) is 20.8 Å². The van der Waals surface area contributed by atoms with Crippen LogP contribution in [0, 0.1) is 0 Å². The lowest BCUT2D eigenvalue weighted by atomic mass is 9.99. The first-order valence-corrected chi connectivity index (χ1v) is 6.16. The van der Waals surface area contributed by atoms with E-state index in [2.05, 4.69) is 10.3 Å². The Morgan fingerprint density at radius 2 is 2.00 bits per heavy atom. The number of alkyl halides is 3. The third-order valence-electron chi connectivity index (χ3n) is 3.61. The zero-order valence-corrected chi connectivity index (χ0v) is 10.9. The molecule has 0 atom stereocenters. The van der Waals surface area contributed by atoms with E-state index >= 15 is 0 Å². The number of rotatable bonds is 2. The van der Waals surface area contributed by atoms with Crippen LogP contribution in [0.1, 0.15) is 44.4 Å². The average Bonchev–Trinajstić information content (AvgIpc) is 2.68. The molecular weight excluding hydrogens is 243 g/mol. The standard InChI is InChI=1S/C12H18F3N3/c1-4-11(2,3)18-9-5-6-16-7-8(9)17-10(18)12(13,14)15/h16H,4-7H2,1-3H3. The number of hydrogen-bond donors (Lipinski definition) is 1. The fourth-order valence-corrected chi connectivity index (χ4v) is 2.31. The van der Waals surface area contributed by atoms with Crippen molar-refractivity contribution in [2.75, 3.05) is 6.54 Å². The minimum atomic E-state index is -4.40. The van der Waals surface area contributed by atoms with Crippen LogP contribution in [-0.4, -0.2) is 16.1 Å². The van der Waals surface area contributed by atoms with Crippen LogP contribution in [0.5, 0.6) is 0 Å². The molecule has 6 heteroatoms. The van der Waals surface area contributed by atoms with Crippen LogP contribution >= 0.6 is 0 Å². The molecule has 0 fully saturated rings. The van der Waals surface area contributed by atoms with Gasteiger partial charge in [0.15, 0.2) is 0 Å². The van der Waals surface area contributed by atoms with Crippen molar-refractivity contribution < 1.29 is 13.2 Å². The molecule has 1 N–H and O–H groups in total. The van der Waals surface area contributed by atoms with E-state index in [-0.39, 0.29) is 0 Å². The lowest BCUT2D eigenvalue weighted by molar-refractivity contribution is -0.149. The minimum Gasteiger partial charge on any atom is -0.319 e. The summed E-state index contributed by atoms with van der Waals surface area (Å²) in [6, 6.07) is 0. The van der Waals surface area contributed by atoms with E-state index < -0.39 is 17.5 Å². The van der Waals surface area contributed by atoms with Gasteiger partial charge in [0.25, 0.3) is 0 Å². The predicted octanol–water partition coefficient (Wildman–Crippen LogP) is 2.69. The van der Waals surface area contributed by atoms with Crippen molar-refractivity contribution in [3.63, 3.8) is 0 Å². The van der Waals surface area contributed by atoms with Crippen molar-refractivity contribution in [3.8, 4) is 0 Å². The van der Waals surface area contributed by atoms with Gasteiger partial charge in [-0.15, -0.1) is 0 Å². The summed E-state index contributed by atoms with van der Waals surface area (Å²) in [6.45, 7) is 6.67. The second-order valence-electron chi connectivity index (χ2n) is 5.25. The molecule has 0 spiro atoms. The zero-order chi connectivity index (χ0) is 13.6. The molecule has 102 valence electrons. The van der Waals surface area contributed by atoms with E-state index in [4.69, 9.17) is 0 Å². The van der Waals surface area contributed by atoms with Crippen LogP contribution < -0.4 is 5.32 Å². The third kappa shape index (κ3) is 2.13. The quantitative estimate of drug-likeness (QED) is 0.887. The minimum absolute atomic E-state index is 0.422. The molecule has 18 heavy (non-hydrogen) atoms. The van der Waals surface area contributed by atoms with Crippen LogP contribution in [0.25, 0.3) is 0 Å². The van der Waals surface area contributed by atoms with Gasteiger partial charge in [-0.3, -0.25) is 0 Å². The van der Waals surface area contributed by atoms with E-state index in [1.54, 1.807) is 0 Å². The molecule has 0 bridgehead atoms. The third-order valence-corrected chi connectivity index (χ3v) is 3.61. The predicted molar refractivity (Wildman–Crippen MR) is 62.3 cm³/mol. The molecule has 2 heterocycles. The Balaban J connectivity index is 2.63. The first-order chi connectivity index (χ1) is 8.27. The molecule has 3 nitrogen and oxygen atoms in total. The van der Waals surface area contributed by atoms with Gasteiger partial charge in [-0.1, -0.05) is 6.92 Å². The Labute approximate surface area is 104 Å². The van der Waals surface area contributed by atoms with Gasteiger partial charge < -0.3 is 9.88 Å². The molecule has 2 rings (SSSR count). The SMILES string of the molecule is CCC(C)(C)n1c(C(F)(F)F)nc2c1CCNC2. The lowest BCUT2D eigenvalue weighted by Gasteiger charge is -2.30. The van der Waals surface area contributed by atoms with Gasteiger partial charge in [-0.25, -0.2) is 4.98 Å². The summed E-state index contributed by atoms with van der Waals surface area (Å²) in [5.41, 5.74) is 0.700. The van der Waals surface area contributed by atoms with Gasteiger partial charge in [0.2, 0.25) is 5.82 Å². The maximum atomic E-state index is 13.1. The second kappa shape index (κ2) is 4.26. The summed E-state index contributed by atoms with van der Waals surface area (Å²) >= 11 is 0. The molecule has 1 aliphatic rings. The van der Waals surface area contributed by atoms with Crippen LogP contribution in [0.3, 0.4) is 0 Å². The highest BCUT2D eigenvalue weighted by atomic mass is 19.4. The first-order valence-electron chi connectivity index (χ1n) is 6.16. The highest BCUT2D eigenvalue weighted by Crippen LogP contribution is 2.36. The first kappa shape index (κ1) is 13.4. The summed E-state index contributed by atoms with van der Waals surface area (Å²) in [5.74, 6) is -0.761. The summed E-state index contributed by atoms with van der Waals surface area (Å²) in [7, 11) is 0. The van der Waals surface area contributed by atoms with Crippen LogP contribution in [0.4, 0.5) is 13.2 Å². The fourth-order valence-electron chi connectivity index (χ4n) is 2.31. The monoisotopic (exact) mass is 261 g/mol. The summed E-state index contributed by atoms with van der Waals surface area (Å²) in [6.07, 6.45) is -3.17. The van der Waals surface area contributed by atoms with Gasteiger partial charge in [-0.2, -0.15) is 13.2 Å². The smallest absolute Gasteiger partial charge is 0.319 e. The molecule has 1 aliphatic heterocycles. The summed E-state index contributed by atoms with van der Waals surface area (Å²) in [5, 5.41) is 3.06. The normalized spacial score (nSPS) is 16.8. The van der Waals surface area contributed by atoms with Gasteiger partial charge in [0.1, 0.15) is 0 Å². The maximum Gasteiger partial charge on any atom is 0.449 e. The number of aromatic nitrogens is 2. The molecule has 0 radical (unpaired) electrons. The van der Waals surface area contributed by atoms with Gasteiger partial charge in [0.05, 0.1) is 5.69 Å². The number of imidazole rings is 1. The van der Waals surface area contributed by atoms with Gasteiger partial charge in [0, 0.05) is 30.7 Å². The summed E-state index contributed by atoms with van der Waals surface area (Å²) < 4.78 is 40.7. The number of nitrogens with zero attached hydrogens (tertiary/aromatic N) is 2. The Bertz CT molecular complexity index is 446. The van der Waals surface area contributed by atoms with Crippen LogP contribution in [0.2, 0.25) is 0 Å². The highest BCUT2D eigenvalue weighted by Gasteiger charge is 2.42. The number of nitrogens with one attached hydrogen (secondary N) is 1. The molecule has 0 unspecified atom stereocenters. The van der Waals surface area contributed by atoms with E-state index in [0.29, 0.717) is 31.6 Å². The molecule has 0 saturated carbocycles. The van der Waals surface area contributed by atoms with Crippen molar-refractivity contribution in [2.24, 2.45) is 0 Å². The van der Waals surface area contributed by atoms with E-state index in [0.717, 1.165) is 5.69 Å². The van der Waals surface area contributed by atoms with Crippen molar-refractivity contribution >= 4 is 0 Å². The van der Waals surface area contributed by atoms with Crippen LogP contribution in [0.15, 0.2) is 0 Å². The molecule has 1 aromatic heterocycles. The van der Waals surface area contributed by atoms with Crippen molar-refractivity contribution in [1.82, 2.24) is 14.9 Å². The summed E-state index contributed by atoms with van der Waals surface area (Å²) in [4.78, 5) is 3.81. The Morgan fingerprint density at radius 3 is 2.56 bits per heavy atom. The fraction of sp³-hybridized carbons (Fsp3) is 0.750. The maximum absolute atomic E-state index is 13.1. The number of halogens is 3. The second-order valence-corrected chi connectivity index (χ2v) is 5.25. The molecule has 0 saturated heterocycles. The molecule has 0 aliphatic carbocycles. The van der Waals surface area contributed by atoms with Crippen molar-refractivity contribution in [1.29, 1.82) is 0 Å². The van der Waals surface area contributed by atoms with Crippen molar-refractivity contribution in [3.05, 3.63) is 17.2 Å². The highest BCUT2D eigenvalue weighted by molar-refractivity contribution is 5.23. The molecule has 0 aromatic carbocycles. The van der Waals surface area contributed by atoms with Crippen molar-refractivity contribution in [2.45, 2.75) is 51.9 Å². The Hall–Kier alpha value is -1.04. The largest absolute Gasteiger partial charge is 0.449 e. The average molecular weight is 261 g/mol. The molecule has 0 amide bonds. The van der Waals surface area contributed by atoms with Crippen LogP contribution in [-0.2, 0) is 24.7 Å².